The molecule has 1 saturated carbocycles. The van der Waals surface area contributed by atoms with Gasteiger partial charge in [-0.1, -0.05) is 42.5 Å². The number of aryl methyl sites for hydroxylation is 2. The van der Waals surface area contributed by atoms with Gasteiger partial charge in [0.1, 0.15) is 0 Å². The van der Waals surface area contributed by atoms with Gasteiger partial charge >= 0.3 is 103 Å². The summed E-state index contributed by atoms with van der Waals surface area (Å²) < 4.78 is 34.7. The number of carbonyl (C=O) groups is 4. The van der Waals surface area contributed by atoms with Crippen molar-refractivity contribution in [3.8, 4) is 0 Å². The van der Waals surface area contributed by atoms with E-state index in [-0.39, 0.29) is 143 Å². The van der Waals surface area contributed by atoms with Crippen LogP contribution < -0.4 is 129 Å². The molecule has 1 aliphatic carbocycles. The minimum atomic E-state index is -4.12. The number of carbonyl (C=O) groups excluding carboxylic acids is 4. The third kappa shape index (κ3) is 13.4. The Morgan fingerprint density at radius 3 is 1.98 bits per heavy atom. The van der Waals surface area contributed by atoms with Crippen molar-refractivity contribution < 1.29 is 145 Å². The molecule has 4 aromatic carbocycles. The number of sulfonamides is 1. The molecule has 2 aliphatic rings. The summed E-state index contributed by atoms with van der Waals surface area (Å²) in [5, 5.41) is 28.3. The number of aliphatic carboxylic acids is 1. The van der Waals surface area contributed by atoms with E-state index in [0.717, 1.165) is 49.2 Å². The molecular formula is C44H48K2N4O9S. The molecule has 2 N–H and O–H groups in total. The van der Waals surface area contributed by atoms with Gasteiger partial charge in [-0.25, -0.2) is 8.42 Å². The number of carboxylic acid groups (broad SMARTS) is 2. The van der Waals surface area contributed by atoms with Crippen LogP contribution in [0.25, 0.3) is 0 Å². The molecule has 2 fully saturated rings. The van der Waals surface area contributed by atoms with Crippen molar-refractivity contribution in [3.63, 3.8) is 0 Å². The molecule has 1 aliphatic heterocycles. The Balaban J connectivity index is 0.00000397. The van der Waals surface area contributed by atoms with E-state index in [1.807, 2.05) is 18.2 Å². The number of hydrogen-bond donors (Lipinski definition) is 2. The summed E-state index contributed by atoms with van der Waals surface area (Å²) in [7, 11) is -2.65. The maximum absolute atomic E-state index is 14.1. The molecule has 0 atom stereocenters. The number of nitrogens with zero attached hydrogens (tertiary/aromatic N) is 2. The van der Waals surface area contributed by atoms with Crippen LogP contribution >= 0.6 is 0 Å². The third-order valence-electron chi connectivity index (χ3n) is 11.0. The number of nitrogens with one attached hydrogen (secondary N) is 2. The minimum absolute atomic E-state index is 0. The molecule has 0 aromatic heterocycles. The summed E-state index contributed by atoms with van der Waals surface area (Å²) in [6.07, 6.45) is 5.90. The minimum Gasteiger partial charge on any atom is -0.550 e. The van der Waals surface area contributed by atoms with Gasteiger partial charge in [0.15, 0.2) is 0 Å². The quantitative estimate of drug-likeness (QED) is 0.123. The van der Waals surface area contributed by atoms with E-state index in [0.29, 0.717) is 44.2 Å². The summed E-state index contributed by atoms with van der Waals surface area (Å²) in [5.74, 6) is -4.01. The van der Waals surface area contributed by atoms with E-state index >= 15 is 0 Å². The van der Waals surface area contributed by atoms with Crippen molar-refractivity contribution in [2.75, 3.05) is 48.9 Å². The van der Waals surface area contributed by atoms with Crippen molar-refractivity contribution in [1.82, 2.24) is 4.31 Å². The molecule has 2 amide bonds. The normalized spacial score (nSPS) is 16.5. The number of ether oxygens (including phenoxy) is 1. The topological polar surface area (TPSA) is 188 Å². The number of aromatic carboxylic acids is 1. The molecule has 4 aromatic rings. The molecule has 306 valence electrons. The predicted molar refractivity (Wildman–Crippen MR) is 216 cm³/mol. The number of carboxylic acids is 2. The molecule has 0 radical (unpaired) electrons. The van der Waals surface area contributed by atoms with E-state index in [4.69, 9.17) is 4.74 Å². The first-order valence-corrected chi connectivity index (χ1v) is 21.1. The zero-order chi connectivity index (χ0) is 41.2. The number of methoxy groups -OCH3 is 1. The maximum Gasteiger partial charge on any atom is 1.00 e. The summed E-state index contributed by atoms with van der Waals surface area (Å²) in [6, 6.07) is 24.6. The van der Waals surface area contributed by atoms with Crippen LogP contribution in [0.3, 0.4) is 0 Å². The monoisotopic (exact) mass is 886 g/mol. The Morgan fingerprint density at radius 2 is 1.38 bits per heavy atom. The first-order valence-electron chi connectivity index (χ1n) is 19.7. The second kappa shape index (κ2) is 24.0. The average molecular weight is 887 g/mol. The standard InChI is InChI=1S/C44H50N4O9S.2K/c1-57-27-26-48(36-20-16-33(17-21-36)44(53)54)58(55,56)38-7-5-6-34(28-38)41(49)46-40-23-22-37(47-24-3-2-4-25-47)29-39(40)42(50)45-35-18-12-31(13-19-35)9-8-30-10-14-32(15-11-30)43(51)52;;/h5-7,10-15,18-19,22-23,28-29,33,36H,2-4,8-9,16-17,20-21,24-27H2,1H3,(H,45,50)(H,46,49)(H,51,52)(H,53,54);;/q;2*+1/p-2/t33-,36-;;. The van der Waals surface area contributed by atoms with Crippen molar-refractivity contribution in [2.24, 2.45) is 5.92 Å². The number of hydrogen-bond acceptors (Lipinski definition) is 10. The Bertz CT molecular complexity index is 2210. The van der Waals surface area contributed by atoms with Crippen molar-refractivity contribution in [1.29, 1.82) is 0 Å². The predicted octanol–water partition coefficient (Wildman–Crippen LogP) is -1.72. The molecule has 60 heavy (non-hydrogen) atoms. The van der Waals surface area contributed by atoms with Gasteiger partial charge in [-0.3, -0.25) is 9.59 Å². The first kappa shape index (κ1) is 50.3. The molecule has 0 bridgehead atoms. The second-order valence-electron chi connectivity index (χ2n) is 14.8. The SMILES string of the molecule is COCCN([C@H]1CC[C@H](C(=O)[O-])CC1)S(=O)(=O)c1cccc(C(=O)Nc2ccc(N3CCCCC3)cc2C(=O)Nc2ccc(CCc3ccc(C(=O)[O-])cc3)cc2)c1.[K+].[K+]. The fourth-order valence-electron chi connectivity index (χ4n) is 7.63. The van der Waals surface area contributed by atoms with Gasteiger partial charge in [-0.05, 0) is 129 Å². The number of rotatable bonds is 16. The largest absolute Gasteiger partial charge is 1.00 e. The van der Waals surface area contributed by atoms with Crippen molar-refractivity contribution in [2.45, 2.75) is 68.7 Å². The Morgan fingerprint density at radius 1 is 0.750 bits per heavy atom. The summed E-state index contributed by atoms with van der Waals surface area (Å²) in [4.78, 5) is 52.4. The zero-order valence-corrected chi connectivity index (χ0v) is 41.5. The summed E-state index contributed by atoms with van der Waals surface area (Å²) in [5.41, 5.74) is 4.11. The molecule has 13 nitrogen and oxygen atoms in total. The van der Waals surface area contributed by atoms with Gasteiger partial charge in [-0.15, -0.1) is 0 Å². The van der Waals surface area contributed by atoms with Crippen LogP contribution in [0, 0.1) is 5.92 Å². The molecule has 0 spiro atoms. The zero-order valence-electron chi connectivity index (χ0n) is 34.5. The van der Waals surface area contributed by atoms with E-state index in [2.05, 4.69) is 15.5 Å². The van der Waals surface area contributed by atoms with Gasteiger partial charge in [-0.2, -0.15) is 4.31 Å². The van der Waals surface area contributed by atoms with E-state index in [9.17, 15) is 37.8 Å². The average Bonchev–Trinajstić information content (AvgIpc) is 3.24. The van der Waals surface area contributed by atoms with Gasteiger partial charge in [0.2, 0.25) is 10.0 Å². The van der Waals surface area contributed by atoms with Gasteiger partial charge in [0.25, 0.3) is 11.8 Å². The van der Waals surface area contributed by atoms with E-state index in [1.54, 1.807) is 36.4 Å². The van der Waals surface area contributed by atoms with Crippen LogP contribution in [0.4, 0.5) is 17.1 Å². The number of benzene rings is 4. The van der Waals surface area contributed by atoms with Crippen LogP contribution in [-0.2, 0) is 32.4 Å². The van der Waals surface area contributed by atoms with Gasteiger partial charge in [0.05, 0.1) is 28.7 Å². The number of anilines is 3. The van der Waals surface area contributed by atoms with Crippen LogP contribution in [0.5, 0.6) is 0 Å². The summed E-state index contributed by atoms with van der Waals surface area (Å²) in [6.45, 7) is 1.88. The summed E-state index contributed by atoms with van der Waals surface area (Å²) >= 11 is 0. The maximum atomic E-state index is 14.1. The molecule has 1 heterocycles. The van der Waals surface area contributed by atoms with E-state index < -0.39 is 45.7 Å². The van der Waals surface area contributed by atoms with Crippen LogP contribution in [-0.4, -0.2) is 75.9 Å². The second-order valence-corrected chi connectivity index (χ2v) is 16.7. The number of piperidine rings is 1. The molecule has 6 rings (SSSR count). The van der Waals surface area contributed by atoms with Crippen molar-refractivity contribution >= 4 is 50.8 Å². The Labute approximate surface area is 436 Å². The molecule has 0 unspecified atom stereocenters. The van der Waals surface area contributed by atoms with E-state index in [1.165, 1.54) is 47.8 Å². The molecule has 16 heteroatoms. The smallest absolute Gasteiger partial charge is 0.550 e. The Kier molecular flexibility index (Phi) is 20.1. The van der Waals surface area contributed by atoms with Crippen LogP contribution in [0.2, 0.25) is 0 Å². The van der Waals surface area contributed by atoms with Gasteiger partial charge in [0, 0.05) is 55.7 Å². The van der Waals surface area contributed by atoms with Crippen LogP contribution in [0.15, 0.2) is 95.9 Å². The first-order chi connectivity index (χ1) is 27.9. The van der Waals surface area contributed by atoms with Crippen LogP contribution in [0.1, 0.15) is 87.1 Å². The fraction of sp³-hybridized carbons (Fsp3) is 0.364. The fourth-order valence-corrected chi connectivity index (χ4v) is 9.35. The molecular weight excluding hydrogens is 839 g/mol. The third-order valence-corrected chi connectivity index (χ3v) is 12.9. The van der Waals surface area contributed by atoms with Crippen molar-refractivity contribution in [3.05, 3.63) is 119 Å². The molecule has 1 saturated heterocycles. The van der Waals surface area contributed by atoms with Gasteiger partial charge < -0.3 is 40.1 Å². The Hall–Kier alpha value is -2.30. The number of amides is 2.